The van der Waals surface area contributed by atoms with Crippen LogP contribution in [-0.2, 0) is 0 Å². The molecule has 0 bridgehead atoms. The molecule has 0 aromatic carbocycles. The van der Waals surface area contributed by atoms with Gasteiger partial charge in [0.25, 0.3) is 0 Å². The van der Waals surface area contributed by atoms with Crippen molar-refractivity contribution >= 4 is 23.3 Å². The summed E-state index contributed by atoms with van der Waals surface area (Å²) in [6.07, 6.45) is 4.83. The van der Waals surface area contributed by atoms with Crippen LogP contribution in [0.15, 0.2) is 48.9 Å². The molecule has 0 unspecified atom stereocenters. The van der Waals surface area contributed by atoms with Gasteiger partial charge in [0.1, 0.15) is 23.3 Å². The highest BCUT2D eigenvalue weighted by atomic mass is 15.1. The second-order valence-electron chi connectivity index (χ2n) is 4.29. The van der Waals surface area contributed by atoms with Crippen LogP contribution in [0.2, 0.25) is 0 Å². The van der Waals surface area contributed by atoms with Crippen LogP contribution >= 0.6 is 0 Å². The second-order valence-corrected chi connectivity index (χ2v) is 4.29. The van der Waals surface area contributed by atoms with Gasteiger partial charge in [-0.2, -0.15) is 0 Å². The highest BCUT2D eigenvalue weighted by molar-refractivity contribution is 5.73. The molecule has 3 aromatic rings. The first-order valence-electron chi connectivity index (χ1n) is 6.25. The largest absolute Gasteiger partial charge is 0.384 e. The summed E-state index contributed by atoms with van der Waals surface area (Å²) in [5, 5.41) is 3.07. The number of nitrogen functional groups attached to an aromatic ring is 2. The summed E-state index contributed by atoms with van der Waals surface area (Å²) in [6, 6.07) is 9.05. The minimum absolute atomic E-state index is 0.346. The van der Waals surface area contributed by atoms with Crippen molar-refractivity contribution in [2.75, 3.05) is 16.8 Å². The number of pyridine rings is 2. The molecule has 0 aliphatic heterocycles. The number of aromatic nitrogens is 4. The van der Waals surface area contributed by atoms with Crippen molar-refractivity contribution in [2.24, 2.45) is 0 Å². The summed E-state index contributed by atoms with van der Waals surface area (Å²) in [7, 11) is 0. The molecule has 0 aliphatic carbocycles. The average Bonchev–Trinajstić information content (AvgIpc) is 2.48. The Hall–Kier alpha value is -3.22. The third-order valence-electron chi connectivity index (χ3n) is 2.79. The highest BCUT2D eigenvalue weighted by Gasteiger charge is 2.07. The molecular weight excluding hydrogens is 266 g/mol. The topological polar surface area (TPSA) is 116 Å². The van der Waals surface area contributed by atoms with E-state index in [0.717, 1.165) is 5.56 Å². The first kappa shape index (κ1) is 12.8. The van der Waals surface area contributed by atoms with Gasteiger partial charge in [0, 0.05) is 18.0 Å². The Morgan fingerprint density at radius 1 is 0.905 bits per heavy atom. The molecule has 0 radical (unpaired) electrons. The molecule has 0 amide bonds. The monoisotopic (exact) mass is 279 g/mol. The van der Waals surface area contributed by atoms with Crippen LogP contribution in [0.4, 0.5) is 23.3 Å². The minimum atomic E-state index is 0.346. The lowest BCUT2D eigenvalue weighted by molar-refractivity contribution is 1.18. The third kappa shape index (κ3) is 2.86. The van der Waals surface area contributed by atoms with E-state index in [1.165, 1.54) is 0 Å². The Kier molecular flexibility index (Phi) is 3.30. The Balaban J connectivity index is 1.93. The molecular formula is C14H13N7. The summed E-state index contributed by atoms with van der Waals surface area (Å²) in [6.45, 7) is 0. The van der Waals surface area contributed by atoms with E-state index in [1.54, 1.807) is 30.7 Å². The summed E-state index contributed by atoms with van der Waals surface area (Å²) < 4.78 is 0. The number of nitrogens with two attached hydrogens (primary N) is 2. The van der Waals surface area contributed by atoms with E-state index in [1.807, 2.05) is 18.2 Å². The van der Waals surface area contributed by atoms with Gasteiger partial charge in [-0.3, -0.25) is 4.98 Å². The number of rotatable bonds is 3. The first-order chi connectivity index (χ1) is 10.2. The lowest BCUT2D eigenvalue weighted by Gasteiger charge is -2.08. The lowest BCUT2D eigenvalue weighted by atomic mass is 10.1. The van der Waals surface area contributed by atoms with Gasteiger partial charge >= 0.3 is 0 Å². The molecule has 0 saturated carbocycles. The first-order valence-corrected chi connectivity index (χ1v) is 6.25. The molecule has 3 rings (SSSR count). The fourth-order valence-electron chi connectivity index (χ4n) is 1.86. The Bertz CT molecular complexity index is 758. The van der Waals surface area contributed by atoms with Crippen LogP contribution in [-0.4, -0.2) is 19.9 Å². The fraction of sp³-hybridized carbons (Fsp3) is 0. The SMILES string of the molecule is Nc1ccc(-c2cccc(Nc3cnccn3)n2)c(N)n1. The smallest absolute Gasteiger partial charge is 0.150 e. The van der Waals surface area contributed by atoms with E-state index < -0.39 is 0 Å². The maximum absolute atomic E-state index is 5.88. The summed E-state index contributed by atoms with van der Waals surface area (Å²) >= 11 is 0. The van der Waals surface area contributed by atoms with Crippen LogP contribution in [0.3, 0.4) is 0 Å². The van der Waals surface area contributed by atoms with E-state index in [0.29, 0.717) is 29.0 Å². The quantitative estimate of drug-likeness (QED) is 0.669. The van der Waals surface area contributed by atoms with Crippen LogP contribution in [0.25, 0.3) is 11.3 Å². The average molecular weight is 279 g/mol. The number of hydrogen-bond acceptors (Lipinski definition) is 7. The minimum Gasteiger partial charge on any atom is -0.384 e. The van der Waals surface area contributed by atoms with Gasteiger partial charge in [-0.05, 0) is 24.3 Å². The Morgan fingerprint density at radius 3 is 2.57 bits per heavy atom. The standard InChI is InChI=1S/C14H13N7/c15-11-5-4-9(14(16)20-11)10-2-1-3-12(19-10)21-13-8-17-6-7-18-13/h1-8H,(H4,15,16,20)(H,18,19,21). The molecule has 0 aliphatic rings. The molecule has 104 valence electrons. The van der Waals surface area contributed by atoms with Crippen molar-refractivity contribution in [2.45, 2.75) is 0 Å². The third-order valence-corrected chi connectivity index (χ3v) is 2.79. The van der Waals surface area contributed by atoms with Gasteiger partial charge < -0.3 is 16.8 Å². The zero-order chi connectivity index (χ0) is 14.7. The van der Waals surface area contributed by atoms with Crippen LogP contribution in [0, 0.1) is 0 Å². The molecule has 3 heterocycles. The van der Waals surface area contributed by atoms with E-state index >= 15 is 0 Å². The zero-order valence-electron chi connectivity index (χ0n) is 11.1. The fourth-order valence-corrected chi connectivity index (χ4v) is 1.86. The molecule has 7 nitrogen and oxygen atoms in total. The van der Waals surface area contributed by atoms with E-state index in [9.17, 15) is 0 Å². The van der Waals surface area contributed by atoms with Crippen molar-refractivity contribution in [3.8, 4) is 11.3 Å². The van der Waals surface area contributed by atoms with Crippen LogP contribution in [0.5, 0.6) is 0 Å². The molecule has 21 heavy (non-hydrogen) atoms. The molecule has 5 N–H and O–H groups in total. The van der Waals surface area contributed by atoms with Crippen molar-refractivity contribution in [3.05, 3.63) is 48.9 Å². The van der Waals surface area contributed by atoms with E-state index in [2.05, 4.69) is 25.3 Å². The van der Waals surface area contributed by atoms with Crippen molar-refractivity contribution in [3.63, 3.8) is 0 Å². The lowest BCUT2D eigenvalue weighted by Crippen LogP contribution is -2.00. The van der Waals surface area contributed by atoms with Gasteiger partial charge in [-0.15, -0.1) is 0 Å². The van der Waals surface area contributed by atoms with Crippen LogP contribution in [0.1, 0.15) is 0 Å². The number of nitrogens with one attached hydrogen (secondary N) is 1. The van der Waals surface area contributed by atoms with E-state index in [-0.39, 0.29) is 0 Å². The van der Waals surface area contributed by atoms with Gasteiger partial charge in [0.05, 0.1) is 11.9 Å². The van der Waals surface area contributed by atoms with Gasteiger partial charge in [0.15, 0.2) is 0 Å². The summed E-state index contributed by atoms with van der Waals surface area (Å²) in [5.74, 6) is 1.99. The molecule has 0 fully saturated rings. The van der Waals surface area contributed by atoms with Gasteiger partial charge in [-0.25, -0.2) is 15.0 Å². The second kappa shape index (κ2) is 5.41. The zero-order valence-corrected chi connectivity index (χ0v) is 11.1. The van der Waals surface area contributed by atoms with Crippen LogP contribution < -0.4 is 16.8 Å². The van der Waals surface area contributed by atoms with Crippen molar-refractivity contribution in [1.29, 1.82) is 0 Å². The summed E-state index contributed by atoms with van der Waals surface area (Å²) in [4.78, 5) is 16.7. The predicted molar refractivity (Wildman–Crippen MR) is 81.6 cm³/mol. The molecule has 0 atom stereocenters. The van der Waals surface area contributed by atoms with Gasteiger partial charge in [0.2, 0.25) is 0 Å². The highest BCUT2D eigenvalue weighted by Crippen LogP contribution is 2.25. The molecule has 7 heteroatoms. The Morgan fingerprint density at radius 2 is 1.81 bits per heavy atom. The maximum atomic E-state index is 5.88. The number of hydrogen-bond donors (Lipinski definition) is 3. The summed E-state index contributed by atoms with van der Waals surface area (Å²) in [5.41, 5.74) is 12.9. The van der Waals surface area contributed by atoms with Crippen molar-refractivity contribution < 1.29 is 0 Å². The van der Waals surface area contributed by atoms with E-state index in [4.69, 9.17) is 11.5 Å². The normalized spacial score (nSPS) is 10.3. The molecule has 0 saturated heterocycles. The number of anilines is 4. The predicted octanol–water partition coefficient (Wildman–Crippen LogP) is 1.84. The van der Waals surface area contributed by atoms with Crippen molar-refractivity contribution in [1.82, 2.24) is 19.9 Å². The van der Waals surface area contributed by atoms with Gasteiger partial charge in [-0.1, -0.05) is 6.07 Å². The molecule has 3 aromatic heterocycles. The Labute approximate surface area is 121 Å². The number of nitrogens with zero attached hydrogens (tertiary/aromatic N) is 4. The molecule has 0 spiro atoms. The maximum Gasteiger partial charge on any atom is 0.150 e.